The molecule has 0 spiro atoms. The summed E-state index contributed by atoms with van der Waals surface area (Å²) in [5, 5.41) is 13.7. The first-order chi connectivity index (χ1) is 8.62. The molecule has 100 valence electrons. The fourth-order valence-corrected chi connectivity index (χ4v) is 2.60. The van der Waals surface area contributed by atoms with Crippen LogP contribution in [-0.2, 0) is 6.42 Å². The van der Waals surface area contributed by atoms with Gasteiger partial charge in [0, 0.05) is 12.6 Å². The molecule has 0 saturated carbocycles. The molecule has 0 bridgehead atoms. The molecule has 0 fully saturated rings. The highest BCUT2D eigenvalue weighted by Crippen LogP contribution is 2.28. The van der Waals surface area contributed by atoms with Crippen LogP contribution in [0.2, 0.25) is 0 Å². The molecule has 0 heterocycles. The van der Waals surface area contributed by atoms with Crippen molar-refractivity contribution in [3.8, 4) is 0 Å². The zero-order valence-electron chi connectivity index (χ0n) is 11.6. The van der Waals surface area contributed by atoms with Gasteiger partial charge in [-0.3, -0.25) is 0 Å². The van der Waals surface area contributed by atoms with Crippen LogP contribution < -0.4 is 5.32 Å². The molecule has 1 aromatic rings. The van der Waals surface area contributed by atoms with Gasteiger partial charge in [-0.05, 0) is 43.7 Å². The summed E-state index contributed by atoms with van der Waals surface area (Å²) in [4.78, 5) is 0. The average Bonchev–Trinajstić information content (AvgIpc) is 2.59. The summed E-state index contributed by atoms with van der Waals surface area (Å²) in [7, 11) is 0. The summed E-state index contributed by atoms with van der Waals surface area (Å²) in [6, 6.07) is 9.13. The molecule has 0 radical (unpaired) electrons. The predicted octanol–water partition coefficient (Wildman–Crippen LogP) is 3.20. The van der Waals surface area contributed by atoms with Crippen LogP contribution >= 0.6 is 0 Å². The van der Waals surface area contributed by atoms with Gasteiger partial charge >= 0.3 is 0 Å². The first-order valence-corrected chi connectivity index (χ1v) is 7.16. The van der Waals surface area contributed by atoms with Crippen molar-refractivity contribution in [2.24, 2.45) is 0 Å². The fourth-order valence-electron chi connectivity index (χ4n) is 2.60. The van der Waals surface area contributed by atoms with Crippen LogP contribution in [0.3, 0.4) is 0 Å². The molecule has 2 unspecified atom stereocenters. The number of aliphatic hydroxyl groups is 1. The highest BCUT2D eigenvalue weighted by molar-refractivity contribution is 5.31. The van der Waals surface area contributed by atoms with Crippen LogP contribution in [0.5, 0.6) is 0 Å². The van der Waals surface area contributed by atoms with E-state index in [1.54, 1.807) is 0 Å². The Morgan fingerprint density at radius 1 is 1.33 bits per heavy atom. The van der Waals surface area contributed by atoms with Gasteiger partial charge in [-0.1, -0.05) is 37.6 Å². The lowest BCUT2D eigenvalue weighted by Crippen LogP contribution is -2.39. The maximum Gasteiger partial charge on any atom is 0.0741 e. The highest BCUT2D eigenvalue weighted by Gasteiger charge is 2.22. The van der Waals surface area contributed by atoms with E-state index in [-0.39, 0.29) is 0 Å². The zero-order chi connectivity index (χ0) is 13.0. The number of rotatable bonds is 4. The number of hydrogen-bond acceptors (Lipinski definition) is 2. The van der Waals surface area contributed by atoms with Gasteiger partial charge in [0.15, 0.2) is 0 Å². The summed E-state index contributed by atoms with van der Waals surface area (Å²) in [5.74, 6) is 0. The molecule has 0 amide bonds. The van der Waals surface area contributed by atoms with Crippen LogP contribution in [0.25, 0.3) is 0 Å². The van der Waals surface area contributed by atoms with Crippen molar-refractivity contribution in [3.63, 3.8) is 0 Å². The molecule has 2 nitrogen and oxygen atoms in total. The largest absolute Gasteiger partial charge is 0.389 e. The minimum absolute atomic E-state index is 0.404. The topological polar surface area (TPSA) is 32.3 Å². The third kappa shape index (κ3) is 3.33. The summed E-state index contributed by atoms with van der Waals surface area (Å²) < 4.78 is 0. The average molecular weight is 247 g/mol. The van der Waals surface area contributed by atoms with E-state index in [4.69, 9.17) is 0 Å². The lowest BCUT2D eigenvalue weighted by atomic mass is 9.97. The Balaban J connectivity index is 2.08. The van der Waals surface area contributed by atoms with Crippen molar-refractivity contribution >= 4 is 0 Å². The van der Waals surface area contributed by atoms with E-state index in [0.29, 0.717) is 12.6 Å². The Kier molecular flexibility index (Phi) is 4.41. The maximum absolute atomic E-state index is 10.1. The zero-order valence-corrected chi connectivity index (χ0v) is 11.6. The first-order valence-electron chi connectivity index (χ1n) is 7.16. The van der Waals surface area contributed by atoms with E-state index in [1.807, 2.05) is 13.8 Å². The van der Waals surface area contributed by atoms with E-state index in [0.717, 1.165) is 6.42 Å². The SMILES string of the molecule is CCC(C)(O)CNC1CCCCc2ccccc21. The van der Waals surface area contributed by atoms with Crippen molar-refractivity contribution in [1.82, 2.24) is 5.32 Å². The molecule has 2 atom stereocenters. The molecule has 0 aliphatic heterocycles. The number of nitrogens with one attached hydrogen (secondary N) is 1. The minimum atomic E-state index is -0.596. The van der Waals surface area contributed by atoms with Crippen LogP contribution in [0.15, 0.2) is 24.3 Å². The number of fused-ring (bicyclic) bond motifs is 1. The van der Waals surface area contributed by atoms with Gasteiger partial charge < -0.3 is 10.4 Å². The van der Waals surface area contributed by atoms with Crippen LogP contribution in [0.4, 0.5) is 0 Å². The van der Waals surface area contributed by atoms with Crippen molar-refractivity contribution < 1.29 is 5.11 Å². The molecular formula is C16H25NO. The molecule has 2 rings (SSSR count). The molecule has 0 saturated heterocycles. The summed E-state index contributed by atoms with van der Waals surface area (Å²) in [6.07, 6.45) is 5.70. The van der Waals surface area contributed by atoms with Crippen molar-refractivity contribution in [2.75, 3.05) is 6.54 Å². The standard InChI is InChI=1S/C16H25NO/c1-3-16(2,18)12-17-15-11-7-5-9-13-8-4-6-10-14(13)15/h4,6,8,10,15,17-18H,3,5,7,9,11-12H2,1-2H3. The summed E-state index contributed by atoms with van der Waals surface area (Å²) >= 11 is 0. The molecule has 1 aliphatic carbocycles. The lowest BCUT2D eigenvalue weighted by molar-refractivity contribution is 0.0524. The summed E-state index contributed by atoms with van der Waals surface area (Å²) in [5.41, 5.74) is 2.31. The van der Waals surface area contributed by atoms with Gasteiger partial charge in [-0.15, -0.1) is 0 Å². The number of hydrogen-bond donors (Lipinski definition) is 2. The Morgan fingerprint density at radius 3 is 2.89 bits per heavy atom. The van der Waals surface area contributed by atoms with Crippen LogP contribution in [0.1, 0.15) is 56.7 Å². The second-order valence-corrected chi connectivity index (χ2v) is 5.73. The maximum atomic E-state index is 10.1. The Bertz CT molecular complexity index is 386. The second-order valence-electron chi connectivity index (χ2n) is 5.73. The summed E-state index contributed by atoms with van der Waals surface area (Å²) in [6.45, 7) is 4.60. The molecule has 1 aliphatic rings. The quantitative estimate of drug-likeness (QED) is 0.801. The van der Waals surface area contributed by atoms with Crippen molar-refractivity contribution in [2.45, 2.75) is 57.6 Å². The third-order valence-corrected chi connectivity index (χ3v) is 4.11. The van der Waals surface area contributed by atoms with E-state index >= 15 is 0 Å². The van der Waals surface area contributed by atoms with Crippen LogP contribution in [-0.4, -0.2) is 17.3 Å². The molecule has 2 heteroatoms. The molecular weight excluding hydrogens is 222 g/mol. The van der Waals surface area contributed by atoms with Gasteiger partial charge in [0.2, 0.25) is 0 Å². The smallest absolute Gasteiger partial charge is 0.0741 e. The van der Waals surface area contributed by atoms with Gasteiger partial charge in [0.1, 0.15) is 0 Å². The van der Waals surface area contributed by atoms with Gasteiger partial charge in [-0.25, -0.2) is 0 Å². The minimum Gasteiger partial charge on any atom is -0.389 e. The van der Waals surface area contributed by atoms with E-state index < -0.39 is 5.60 Å². The normalized spacial score (nSPS) is 22.9. The van der Waals surface area contributed by atoms with Gasteiger partial charge in [0.25, 0.3) is 0 Å². The van der Waals surface area contributed by atoms with Crippen LogP contribution in [0, 0.1) is 0 Å². The van der Waals surface area contributed by atoms with Crippen molar-refractivity contribution in [3.05, 3.63) is 35.4 Å². The molecule has 1 aromatic carbocycles. The van der Waals surface area contributed by atoms with Gasteiger partial charge in [-0.2, -0.15) is 0 Å². The third-order valence-electron chi connectivity index (χ3n) is 4.11. The van der Waals surface area contributed by atoms with E-state index in [9.17, 15) is 5.11 Å². The fraction of sp³-hybridized carbons (Fsp3) is 0.625. The van der Waals surface area contributed by atoms with Gasteiger partial charge in [0.05, 0.1) is 5.60 Å². The Hall–Kier alpha value is -0.860. The predicted molar refractivity (Wildman–Crippen MR) is 75.7 cm³/mol. The highest BCUT2D eigenvalue weighted by atomic mass is 16.3. The molecule has 0 aromatic heterocycles. The molecule has 18 heavy (non-hydrogen) atoms. The monoisotopic (exact) mass is 247 g/mol. The Labute approximate surface area is 110 Å². The Morgan fingerprint density at radius 2 is 2.11 bits per heavy atom. The first kappa shape index (κ1) is 13.6. The lowest BCUT2D eigenvalue weighted by Gasteiger charge is -2.26. The van der Waals surface area contributed by atoms with E-state index in [1.165, 1.54) is 36.8 Å². The van der Waals surface area contributed by atoms with E-state index in [2.05, 4.69) is 29.6 Å². The molecule has 2 N–H and O–H groups in total. The number of aryl methyl sites for hydroxylation is 1. The van der Waals surface area contributed by atoms with Crippen molar-refractivity contribution in [1.29, 1.82) is 0 Å². The second kappa shape index (κ2) is 5.85. The number of benzene rings is 1.